The summed E-state index contributed by atoms with van der Waals surface area (Å²) in [5.74, 6) is 0. The lowest BCUT2D eigenvalue weighted by atomic mass is 10.2. The average Bonchev–Trinajstić information content (AvgIpc) is 2.86. The molecular weight excluding hydrogens is 222 g/mol. The Labute approximate surface area is 95.2 Å². The summed E-state index contributed by atoms with van der Waals surface area (Å²) in [6.45, 7) is 1.45. The van der Waals surface area contributed by atoms with E-state index in [4.69, 9.17) is 0 Å². The fraction of sp³-hybridized carbons (Fsp3) is 0.182. The zero-order valence-corrected chi connectivity index (χ0v) is 9.28. The summed E-state index contributed by atoms with van der Waals surface area (Å²) >= 11 is 1.45. The molecule has 3 rings (SSSR count). The summed E-state index contributed by atoms with van der Waals surface area (Å²) in [5, 5.41) is 0. The third-order valence-corrected chi connectivity index (χ3v) is 3.51. The average molecular weight is 231 g/mol. The van der Waals surface area contributed by atoms with Crippen molar-refractivity contribution in [3.8, 4) is 0 Å². The Morgan fingerprint density at radius 1 is 1.38 bits per heavy atom. The molecule has 80 valence electrons. The molecule has 0 bridgehead atoms. The molecule has 3 heterocycles. The SMILES string of the molecule is O=c1/c(=C/c2ccncc2)sc2n1CCN=2. The van der Waals surface area contributed by atoms with E-state index in [2.05, 4.69) is 9.98 Å². The number of pyridine rings is 1. The van der Waals surface area contributed by atoms with E-state index in [0.717, 1.165) is 28.0 Å². The molecule has 0 amide bonds. The van der Waals surface area contributed by atoms with Crippen LogP contribution in [0.15, 0.2) is 34.3 Å². The maximum absolute atomic E-state index is 11.9. The van der Waals surface area contributed by atoms with Crippen LogP contribution in [-0.4, -0.2) is 16.1 Å². The van der Waals surface area contributed by atoms with Gasteiger partial charge < -0.3 is 0 Å². The molecule has 0 saturated heterocycles. The second kappa shape index (κ2) is 3.68. The first-order valence-corrected chi connectivity index (χ1v) is 5.82. The van der Waals surface area contributed by atoms with E-state index >= 15 is 0 Å². The maximum atomic E-state index is 11.9. The van der Waals surface area contributed by atoms with Gasteiger partial charge in [-0.15, -0.1) is 0 Å². The van der Waals surface area contributed by atoms with Crippen molar-refractivity contribution >= 4 is 17.4 Å². The predicted molar refractivity (Wildman–Crippen MR) is 62.0 cm³/mol. The number of fused-ring (bicyclic) bond motifs is 1. The van der Waals surface area contributed by atoms with Gasteiger partial charge in [0.05, 0.1) is 11.1 Å². The third kappa shape index (κ3) is 1.49. The second-order valence-corrected chi connectivity index (χ2v) is 4.52. The molecule has 2 aromatic rings. The van der Waals surface area contributed by atoms with Gasteiger partial charge in [0.1, 0.15) is 0 Å². The highest BCUT2D eigenvalue weighted by atomic mass is 32.1. The van der Waals surface area contributed by atoms with Gasteiger partial charge in [-0.05, 0) is 23.8 Å². The monoisotopic (exact) mass is 231 g/mol. The van der Waals surface area contributed by atoms with Crippen LogP contribution in [-0.2, 0) is 6.54 Å². The number of rotatable bonds is 1. The quantitative estimate of drug-likeness (QED) is 0.680. The van der Waals surface area contributed by atoms with E-state index in [1.165, 1.54) is 11.3 Å². The van der Waals surface area contributed by atoms with Gasteiger partial charge in [0, 0.05) is 18.9 Å². The zero-order chi connectivity index (χ0) is 11.0. The Kier molecular flexibility index (Phi) is 2.18. The molecule has 5 heteroatoms. The van der Waals surface area contributed by atoms with Gasteiger partial charge in [-0.2, -0.15) is 0 Å². The van der Waals surface area contributed by atoms with Crippen LogP contribution in [0.4, 0.5) is 0 Å². The highest BCUT2D eigenvalue weighted by Crippen LogP contribution is 1.96. The largest absolute Gasteiger partial charge is 0.282 e. The number of hydrogen-bond acceptors (Lipinski definition) is 4. The molecule has 1 aliphatic rings. The van der Waals surface area contributed by atoms with Crippen LogP contribution in [0.2, 0.25) is 0 Å². The highest BCUT2D eigenvalue weighted by Gasteiger charge is 2.08. The summed E-state index contributed by atoms with van der Waals surface area (Å²) in [6.07, 6.45) is 5.32. The fourth-order valence-corrected chi connectivity index (χ4v) is 2.71. The zero-order valence-electron chi connectivity index (χ0n) is 8.46. The highest BCUT2D eigenvalue weighted by molar-refractivity contribution is 7.07. The van der Waals surface area contributed by atoms with Gasteiger partial charge in [-0.1, -0.05) is 11.3 Å². The smallest absolute Gasteiger partial charge is 0.270 e. The first-order valence-electron chi connectivity index (χ1n) is 5.00. The van der Waals surface area contributed by atoms with Crippen LogP contribution in [0, 0.1) is 0 Å². The lowest BCUT2D eigenvalue weighted by molar-refractivity contribution is 0.740. The Morgan fingerprint density at radius 3 is 2.94 bits per heavy atom. The van der Waals surface area contributed by atoms with Crippen molar-refractivity contribution in [3.63, 3.8) is 0 Å². The minimum absolute atomic E-state index is 0.0677. The molecule has 1 aliphatic heterocycles. The lowest BCUT2D eigenvalue weighted by Gasteiger charge is -1.88. The maximum Gasteiger partial charge on any atom is 0.270 e. The van der Waals surface area contributed by atoms with Crippen LogP contribution < -0.4 is 14.9 Å². The van der Waals surface area contributed by atoms with Crippen molar-refractivity contribution in [2.75, 3.05) is 6.54 Å². The minimum atomic E-state index is 0.0677. The van der Waals surface area contributed by atoms with E-state index < -0.39 is 0 Å². The Bertz CT molecular complexity index is 684. The number of aromatic nitrogens is 2. The molecule has 0 N–H and O–H groups in total. The normalized spacial score (nSPS) is 14.9. The van der Waals surface area contributed by atoms with Gasteiger partial charge >= 0.3 is 0 Å². The Hall–Kier alpha value is -1.75. The standard InChI is InChI=1S/C11H9N3OS/c15-10-9(7-8-1-3-12-4-2-8)16-11-13-5-6-14(10)11/h1-4,7H,5-6H2/b9-7-. The molecule has 0 unspecified atom stereocenters. The molecule has 0 fully saturated rings. The summed E-state index contributed by atoms with van der Waals surface area (Å²) in [4.78, 5) is 21.0. The van der Waals surface area contributed by atoms with Gasteiger partial charge in [0.2, 0.25) is 0 Å². The van der Waals surface area contributed by atoms with E-state index in [1.807, 2.05) is 18.2 Å². The molecule has 0 saturated carbocycles. The van der Waals surface area contributed by atoms with Crippen LogP contribution in [0.25, 0.3) is 6.08 Å². The molecule has 4 nitrogen and oxygen atoms in total. The van der Waals surface area contributed by atoms with Crippen molar-refractivity contribution in [2.45, 2.75) is 6.54 Å². The van der Waals surface area contributed by atoms with E-state index in [1.54, 1.807) is 17.0 Å². The lowest BCUT2D eigenvalue weighted by Crippen LogP contribution is -2.29. The summed E-state index contributed by atoms with van der Waals surface area (Å²) in [6, 6.07) is 3.76. The predicted octanol–water partition coefficient (Wildman–Crippen LogP) is -0.233. The topological polar surface area (TPSA) is 47.2 Å². The fourth-order valence-electron chi connectivity index (χ4n) is 1.68. The summed E-state index contributed by atoms with van der Waals surface area (Å²) in [5.41, 5.74) is 1.06. The molecule has 16 heavy (non-hydrogen) atoms. The van der Waals surface area contributed by atoms with Crippen molar-refractivity contribution in [3.05, 3.63) is 49.8 Å². The van der Waals surface area contributed by atoms with Gasteiger partial charge in [-0.25, -0.2) is 0 Å². The third-order valence-electron chi connectivity index (χ3n) is 2.46. The van der Waals surface area contributed by atoms with E-state index in [0.29, 0.717) is 0 Å². The van der Waals surface area contributed by atoms with Gasteiger partial charge in [-0.3, -0.25) is 19.3 Å². The van der Waals surface area contributed by atoms with E-state index in [-0.39, 0.29) is 5.56 Å². The first kappa shape index (κ1) is 9.47. The van der Waals surface area contributed by atoms with Crippen molar-refractivity contribution in [1.82, 2.24) is 9.55 Å². The van der Waals surface area contributed by atoms with Gasteiger partial charge in [0.15, 0.2) is 4.80 Å². The number of thiazole rings is 1. The Balaban J connectivity index is 2.22. The minimum Gasteiger partial charge on any atom is -0.282 e. The Morgan fingerprint density at radius 2 is 2.19 bits per heavy atom. The van der Waals surface area contributed by atoms with Crippen LogP contribution >= 0.6 is 11.3 Å². The number of hydrogen-bond donors (Lipinski definition) is 0. The molecule has 0 radical (unpaired) electrons. The summed E-state index contributed by atoms with van der Waals surface area (Å²) < 4.78 is 2.47. The van der Waals surface area contributed by atoms with Crippen molar-refractivity contribution in [1.29, 1.82) is 0 Å². The molecule has 0 atom stereocenters. The molecular formula is C11H9N3OS. The van der Waals surface area contributed by atoms with Crippen LogP contribution in [0.1, 0.15) is 5.56 Å². The molecule has 0 spiro atoms. The molecule has 0 aromatic carbocycles. The van der Waals surface area contributed by atoms with Crippen LogP contribution in [0.5, 0.6) is 0 Å². The van der Waals surface area contributed by atoms with Crippen molar-refractivity contribution in [2.24, 2.45) is 4.99 Å². The molecule has 0 aliphatic carbocycles. The molecule has 2 aromatic heterocycles. The van der Waals surface area contributed by atoms with Crippen molar-refractivity contribution < 1.29 is 0 Å². The van der Waals surface area contributed by atoms with Crippen LogP contribution in [0.3, 0.4) is 0 Å². The second-order valence-electron chi connectivity index (χ2n) is 3.51. The summed E-state index contributed by atoms with van der Waals surface area (Å²) in [7, 11) is 0. The number of nitrogens with zero attached hydrogens (tertiary/aromatic N) is 3. The van der Waals surface area contributed by atoms with E-state index in [9.17, 15) is 4.79 Å². The first-order chi connectivity index (χ1) is 7.84. The van der Waals surface area contributed by atoms with Gasteiger partial charge in [0.25, 0.3) is 5.56 Å².